The minimum Gasteiger partial charge on any atom is -0.480 e. The van der Waals surface area contributed by atoms with Crippen LogP contribution in [0.15, 0.2) is 12.1 Å². The summed E-state index contributed by atoms with van der Waals surface area (Å²) in [5, 5.41) is 18.5. The number of anilines is 1. The molecular weight excluding hydrogens is 236 g/mol. The van der Waals surface area contributed by atoms with E-state index in [-0.39, 0.29) is 5.69 Å². The molecule has 2 heterocycles. The molecule has 2 rings (SSSR count). The second-order valence-corrected chi connectivity index (χ2v) is 4.05. The molecule has 18 heavy (non-hydrogen) atoms. The van der Waals surface area contributed by atoms with Crippen molar-refractivity contribution < 1.29 is 14.7 Å². The first-order valence-corrected chi connectivity index (χ1v) is 5.75. The number of aromatic nitrogens is 2. The summed E-state index contributed by atoms with van der Waals surface area (Å²) in [5.41, 5.74) is 0.124. The number of nitrogens with zero attached hydrogens (tertiary/aromatic N) is 3. The highest BCUT2D eigenvalue weighted by atomic mass is 16.4. The van der Waals surface area contributed by atoms with Crippen molar-refractivity contribution in [2.24, 2.45) is 0 Å². The van der Waals surface area contributed by atoms with Crippen molar-refractivity contribution in [2.75, 3.05) is 24.5 Å². The number of aliphatic carboxylic acids is 1. The molecule has 1 saturated heterocycles. The van der Waals surface area contributed by atoms with Crippen molar-refractivity contribution in [3.05, 3.63) is 17.8 Å². The Hall–Kier alpha value is -2.18. The van der Waals surface area contributed by atoms with Crippen molar-refractivity contribution in [1.82, 2.24) is 15.5 Å². The number of rotatable bonds is 4. The number of carbonyl (C=O) groups excluding carboxylic acids is 1. The molecule has 0 aliphatic carbocycles. The Balaban J connectivity index is 1.98. The minimum absolute atomic E-state index is 0.124. The lowest BCUT2D eigenvalue weighted by atomic mass is 10.3. The number of amides is 1. The zero-order valence-corrected chi connectivity index (χ0v) is 9.80. The first kappa shape index (κ1) is 12.3. The molecule has 1 aromatic heterocycles. The van der Waals surface area contributed by atoms with Gasteiger partial charge in [0.1, 0.15) is 6.54 Å². The third-order valence-corrected chi connectivity index (χ3v) is 2.71. The van der Waals surface area contributed by atoms with Crippen LogP contribution in [0.3, 0.4) is 0 Å². The zero-order chi connectivity index (χ0) is 13.0. The summed E-state index contributed by atoms with van der Waals surface area (Å²) in [4.78, 5) is 23.9. The molecule has 0 aromatic carbocycles. The maximum Gasteiger partial charge on any atom is 0.322 e. The normalized spacial score (nSPS) is 14.6. The average molecular weight is 250 g/mol. The lowest BCUT2D eigenvalue weighted by Gasteiger charge is -2.15. The monoisotopic (exact) mass is 250 g/mol. The van der Waals surface area contributed by atoms with Crippen LogP contribution in [0, 0.1) is 0 Å². The summed E-state index contributed by atoms with van der Waals surface area (Å²) in [6.07, 6.45) is 2.28. The van der Waals surface area contributed by atoms with Crippen molar-refractivity contribution in [3.63, 3.8) is 0 Å². The van der Waals surface area contributed by atoms with Crippen LogP contribution in [0.1, 0.15) is 23.3 Å². The number of nitrogens with one attached hydrogen (secondary N) is 1. The molecule has 1 aliphatic rings. The summed E-state index contributed by atoms with van der Waals surface area (Å²) in [7, 11) is 0. The molecule has 7 heteroatoms. The van der Waals surface area contributed by atoms with Crippen LogP contribution < -0.4 is 10.2 Å². The van der Waals surface area contributed by atoms with Gasteiger partial charge in [-0.05, 0) is 25.0 Å². The summed E-state index contributed by atoms with van der Waals surface area (Å²) < 4.78 is 0. The highest BCUT2D eigenvalue weighted by Crippen LogP contribution is 2.16. The molecular formula is C11H14N4O3. The lowest BCUT2D eigenvalue weighted by molar-refractivity contribution is -0.135. The molecule has 2 N–H and O–H groups in total. The van der Waals surface area contributed by atoms with E-state index in [1.165, 1.54) is 0 Å². The van der Waals surface area contributed by atoms with Crippen LogP contribution in [0.2, 0.25) is 0 Å². The molecule has 0 saturated carbocycles. The van der Waals surface area contributed by atoms with E-state index in [9.17, 15) is 9.59 Å². The van der Waals surface area contributed by atoms with Gasteiger partial charge >= 0.3 is 5.97 Å². The van der Waals surface area contributed by atoms with Gasteiger partial charge in [0, 0.05) is 13.1 Å². The molecule has 1 amide bonds. The van der Waals surface area contributed by atoms with Gasteiger partial charge in [0.15, 0.2) is 11.5 Å². The highest BCUT2D eigenvalue weighted by Gasteiger charge is 2.15. The zero-order valence-electron chi connectivity index (χ0n) is 9.80. The van der Waals surface area contributed by atoms with Crippen molar-refractivity contribution in [3.8, 4) is 0 Å². The van der Waals surface area contributed by atoms with E-state index in [0.717, 1.165) is 31.7 Å². The van der Waals surface area contributed by atoms with Gasteiger partial charge in [-0.3, -0.25) is 9.59 Å². The first-order valence-electron chi connectivity index (χ1n) is 5.75. The van der Waals surface area contributed by atoms with E-state index in [2.05, 4.69) is 20.4 Å². The van der Waals surface area contributed by atoms with Gasteiger partial charge in [-0.2, -0.15) is 0 Å². The summed E-state index contributed by atoms with van der Waals surface area (Å²) in [6.45, 7) is 1.49. The van der Waals surface area contributed by atoms with Gasteiger partial charge in [0.25, 0.3) is 5.91 Å². The average Bonchev–Trinajstić information content (AvgIpc) is 2.90. The van der Waals surface area contributed by atoms with Crippen LogP contribution >= 0.6 is 0 Å². The molecule has 0 radical (unpaired) electrons. The Morgan fingerprint density at radius 2 is 2.00 bits per heavy atom. The van der Waals surface area contributed by atoms with Crippen molar-refractivity contribution in [2.45, 2.75) is 12.8 Å². The van der Waals surface area contributed by atoms with Gasteiger partial charge in [-0.15, -0.1) is 10.2 Å². The standard InChI is InChI=1S/C11H14N4O3/c16-10(17)7-12-11(18)8-3-4-9(14-13-8)15-5-1-2-6-15/h3-4H,1-2,5-7H2,(H,12,18)(H,16,17). The van der Waals surface area contributed by atoms with Gasteiger partial charge in [0.2, 0.25) is 0 Å². The van der Waals surface area contributed by atoms with Gasteiger partial charge in [-0.1, -0.05) is 0 Å². The van der Waals surface area contributed by atoms with Crippen LogP contribution in [0.5, 0.6) is 0 Å². The fraction of sp³-hybridized carbons (Fsp3) is 0.455. The van der Waals surface area contributed by atoms with Crippen LogP contribution in [-0.4, -0.2) is 46.8 Å². The Kier molecular flexibility index (Phi) is 3.71. The topological polar surface area (TPSA) is 95.4 Å². The lowest BCUT2D eigenvalue weighted by Crippen LogP contribution is -2.30. The molecule has 0 spiro atoms. The van der Waals surface area contributed by atoms with E-state index < -0.39 is 18.4 Å². The van der Waals surface area contributed by atoms with Crippen LogP contribution in [0.4, 0.5) is 5.82 Å². The Labute approximate surface area is 104 Å². The molecule has 1 fully saturated rings. The molecule has 0 bridgehead atoms. The van der Waals surface area contributed by atoms with E-state index in [4.69, 9.17) is 5.11 Å². The fourth-order valence-corrected chi connectivity index (χ4v) is 1.81. The van der Waals surface area contributed by atoms with Gasteiger partial charge in [0.05, 0.1) is 0 Å². The summed E-state index contributed by atoms with van der Waals surface area (Å²) in [6, 6.07) is 3.28. The number of hydrogen-bond donors (Lipinski definition) is 2. The number of carboxylic acid groups (broad SMARTS) is 1. The van der Waals surface area contributed by atoms with E-state index in [1.54, 1.807) is 12.1 Å². The SMILES string of the molecule is O=C(O)CNC(=O)c1ccc(N2CCCC2)nn1. The highest BCUT2D eigenvalue weighted by molar-refractivity contribution is 5.93. The van der Waals surface area contributed by atoms with E-state index >= 15 is 0 Å². The van der Waals surface area contributed by atoms with Crippen molar-refractivity contribution >= 4 is 17.7 Å². The largest absolute Gasteiger partial charge is 0.480 e. The fourth-order valence-electron chi connectivity index (χ4n) is 1.81. The third-order valence-electron chi connectivity index (χ3n) is 2.71. The van der Waals surface area contributed by atoms with E-state index in [0.29, 0.717) is 0 Å². The second kappa shape index (κ2) is 5.44. The molecule has 0 atom stereocenters. The quantitative estimate of drug-likeness (QED) is 0.774. The molecule has 1 aliphatic heterocycles. The minimum atomic E-state index is -1.09. The predicted octanol–water partition coefficient (Wildman–Crippen LogP) is -0.109. The molecule has 96 valence electrons. The smallest absolute Gasteiger partial charge is 0.322 e. The van der Waals surface area contributed by atoms with Gasteiger partial charge < -0.3 is 15.3 Å². The van der Waals surface area contributed by atoms with Crippen molar-refractivity contribution in [1.29, 1.82) is 0 Å². The maximum absolute atomic E-state index is 11.5. The number of hydrogen-bond acceptors (Lipinski definition) is 5. The summed E-state index contributed by atoms with van der Waals surface area (Å²) >= 11 is 0. The summed E-state index contributed by atoms with van der Waals surface area (Å²) in [5.74, 6) is -0.870. The van der Waals surface area contributed by atoms with Crippen LogP contribution in [0.25, 0.3) is 0 Å². The number of carbonyl (C=O) groups is 2. The Morgan fingerprint density at radius 1 is 1.28 bits per heavy atom. The maximum atomic E-state index is 11.5. The van der Waals surface area contributed by atoms with E-state index in [1.807, 2.05) is 0 Å². The second-order valence-electron chi connectivity index (χ2n) is 4.05. The molecule has 0 unspecified atom stereocenters. The predicted molar refractivity (Wildman–Crippen MR) is 63.4 cm³/mol. The van der Waals surface area contributed by atoms with Gasteiger partial charge in [-0.25, -0.2) is 0 Å². The van der Waals surface area contributed by atoms with Crippen LogP contribution in [-0.2, 0) is 4.79 Å². The third kappa shape index (κ3) is 2.93. The Bertz CT molecular complexity index is 440. The Morgan fingerprint density at radius 3 is 2.56 bits per heavy atom. The first-order chi connectivity index (χ1) is 8.66. The number of carboxylic acids is 1. The molecule has 1 aromatic rings. The molecule has 7 nitrogen and oxygen atoms in total.